The summed E-state index contributed by atoms with van der Waals surface area (Å²) in [6.45, 7) is 4.01. The molecule has 4 heteroatoms. The molecule has 0 spiro atoms. The summed E-state index contributed by atoms with van der Waals surface area (Å²) < 4.78 is 0. The average Bonchev–Trinajstić information content (AvgIpc) is 2.94. The van der Waals surface area contributed by atoms with Crippen LogP contribution < -0.4 is 0 Å². The Morgan fingerprint density at radius 2 is 2.15 bits per heavy atom. The van der Waals surface area contributed by atoms with E-state index in [0.717, 1.165) is 38.3 Å². The fourth-order valence-corrected chi connectivity index (χ4v) is 5.00. The van der Waals surface area contributed by atoms with Gasteiger partial charge in [-0.15, -0.1) is 11.3 Å². The molecule has 0 radical (unpaired) electrons. The van der Waals surface area contributed by atoms with Crippen LogP contribution in [0.5, 0.6) is 0 Å². The van der Waals surface area contributed by atoms with Gasteiger partial charge in [0.2, 0.25) is 0 Å². The molecule has 1 unspecified atom stereocenters. The van der Waals surface area contributed by atoms with Gasteiger partial charge in [-0.05, 0) is 45.1 Å². The molecule has 1 fully saturated rings. The van der Waals surface area contributed by atoms with Crippen LogP contribution in [0.25, 0.3) is 0 Å². The van der Waals surface area contributed by atoms with Crippen LogP contribution in [0, 0.1) is 5.92 Å². The van der Waals surface area contributed by atoms with Crippen molar-refractivity contribution in [3.8, 4) is 0 Å². The zero-order valence-corrected chi connectivity index (χ0v) is 13.5. The number of hydrogen-bond donors (Lipinski definition) is 1. The fraction of sp³-hybridized carbons (Fsp3) is 0.812. The Bertz CT molecular complexity index is 465. The molecule has 0 amide bonds. The first-order valence-electron chi connectivity index (χ1n) is 7.92. The van der Waals surface area contributed by atoms with Gasteiger partial charge in [0.1, 0.15) is 5.01 Å². The Balaban J connectivity index is 1.60. The number of hydrogen-bond acceptors (Lipinski definition) is 4. The molecule has 3 nitrogen and oxygen atoms in total. The monoisotopic (exact) mass is 294 g/mol. The second kappa shape index (κ2) is 5.74. The van der Waals surface area contributed by atoms with Crippen LogP contribution in [-0.4, -0.2) is 34.2 Å². The first-order chi connectivity index (χ1) is 9.54. The zero-order valence-electron chi connectivity index (χ0n) is 12.7. The summed E-state index contributed by atoms with van der Waals surface area (Å²) in [4.78, 5) is 8.57. The molecular formula is C16H26N2OS. The molecule has 2 aliphatic rings. The van der Waals surface area contributed by atoms with Gasteiger partial charge in [-0.3, -0.25) is 4.90 Å². The van der Waals surface area contributed by atoms with Crippen molar-refractivity contribution in [1.29, 1.82) is 0 Å². The number of aliphatic hydroxyl groups is 1. The van der Waals surface area contributed by atoms with Gasteiger partial charge in [0, 0.05) is 11.4 Å². The Morgan fingerprint density at radius 3 is 2.90 bits per heavy atom. The Morgan fingerprint density at radius 1 is 1.40 bits per heavy atom. The van der Waals surface area contributed by atoms with Gasteiger partial charge < -0.3 is 5.11 Å². The van der Waals surface area contributed by atoms with Crippen molar-refractivity contribution < 1.29 is 5.11 Å². The minimum Gasteiger partial charge on any atom is -0.389 e. The molecule has 1 atom stereocenters. The van der Waals surface area contributed by atoms with E-state index in [4.69, 9.17) is 4.98 Å². The van der Waals surface area contributed by atoms with E-state index in [1.807, 2.05) is 11.3 Å². The zero-order chi connectivity index (χ0) is 14.2. The van der Waals surface area contributed by atoms with Crippen molar-refractivity contribution in [2.45, 2.75) is 64.0 Å². The summed E-state index contributed by atoms with van der Waals surface area (Å²) in [5, 5.41) is 11.7. The van der Waals surface area contributed by atoms with E-state index < -0.39 is 5.60 Å². The molecule has 1 heterocycles. The molecule has 1 aromatic rings. The van der Waals surface area contributed by atoms with E-state index in [9.17, 15) is 5.11 Å². The summed E-state index contributed by atoms with van der Waals surface area (Å²) in [6.07, 6.45) is 7.92. The van der Waals surface area contributed by atoms with Crippen LogP contribution in [0.1, 0.15) is 54.6 Å². The highest BCUT2D eigenvalue weighted by Gasteiger charge is 2.32. The third kappa shape index (κ3) is 3.23. The molecule has 20 heavy (non-hydrogen) atoms. The van der Waals surface area contributed by atoms with Crippen LogP contribution >= 0.6 is 11.3 Å². The molecular weight excluding hydrogens is 268 g/mol. The van der Waals surface area contributed by atoms with Crippen molar-refractivity contribution in [1.82, 2.24) is 9.88 Å². The van der Waals surface area contributed by atoms with Crippen LogP contribution in [0.4, 0.5) is 0 Å². The van der Waals surface area contributed by atoms with Gasteiger partial charge in [0.25, 0.3) is 0 Å². The number of thiazole rings is 1. The van der Waals surface area contributed by atoms with E-state index in [1.165, 1.54) is 41.3 Å². The maximum absolute atomic E-state index is 10.5. The Kier molecular flexibility index (Phi) is 4.16. The van der Waals surface area contributed by atoms with Crippen LogP contribution in [-0.2, 0) is 19.4 Å². The average molecular weight is 294 g/mol. The lowest BCUT2D eigenvalue weighted by Crippen LogP contribution is -2.38. The first kappa shape index (κ1) is 14.5. The van der Waals surface area contributed by atoms with Crippen LogP contribution in [0.3, 0.4) is 0 Å². The van der Waals surface area contributed by atoms with Gasteiger partial charge in [-0.1, -0.05) is 19.8 Å². The smallest absolute Gasteiger partial charge is 0.107 e. The minimum atomic E-state index is -0.444. The molecule has 1 aromatic heterocycles. The van der Waals surface area contributed by atoms with Crippen LogP contribution in [0.2, 0.25) is 0 Å². The molecule has 0 bridgehead atoms. The molecule has 2 aliphatic carbocycles. The largest absolute Gasteiger partial charge is 0.389 e. The third-order valence-corrected chi connectivity index (χ3v) is 5.84. The quantitative estimate of drug-likeness (QED) is 0.927. The number of likely N-dealkylation sites (N-methyl/N-ethyl adjacent to an activating group) is 1. The summed E-state index contributed by atoms with van der Waals surface area (Å²) in [5.41, 5.74) is 0.899. The number of aryl methyl sites for hydroxylation is 1. The lowest BCUT2D eigenvalue weighted by Gasteiger charge is -2.27. The summed E-state index contributed by atoms with van der Waals surface area (Å²) in [5.74, 6) is 0.813. The Hall–Kier alpha value is -0.450. The molecule has 1 N–H and O–H groups in total. The van der Waals surface area contributed by atoms with Gasteiger partial charge in [-0.25, -0.2) is 4.98 Å². The lowest BCUT2D eigenvalue weighted by atomic mass is 9.93. The van der Waals surface area contributed by atoms with E-state index >= 15 is 0 Å². The third-order valence-electron chi connectivity index (χ3n) is 4.73. The highest BCUT2D eigenvalue weighted by Crippen LogP contribution is 2.32. The molecule has 112 valence electrons. The highest BCUT2D eigenvalue weighted by atomic mass is 32.1. The molecule has 0 aliphatic heterocycles. The van der Waals surface area contributed by atoms with Crippen LogP contribution in [0.15, 0.2) is 0 Å². The van der Waals surface area contributed by atoms with Gasteiger partial charge >= 0.3 is 0 Å². The van der Waals surface area contributed by atoms with E-state index in [-0.39, 0.29) is 0 Å². The maximum Gasteiger partial charge on any atom is 0.107 e. The second-order valence-corrected chi connectivity index (χ2v) is 8.10. The topological polar surface area (TPSA) is 36.4 Å². The fourth-order valence-electron chi connectivity index (χ4n) is 3.64. The molecule has 1 saturated carbocycles. The van der Waals surface area contributed by atoms with Crippen molar-refractivity contribution >= 4 is 11.3 Å². The molecule has 0 aromatic carbocycles. The van der Waals surface area contributed by atoms with E-state index in [2.05, 4.69) is 18.9 Å². The SMILES string of the molecule is CC1CCc2nc(CN(C)CC3(O)CCCC3)sc2C1. The van der Waals surface area contributed by atoms with E-state index in [0.29, 0.717) is 0 Å². The summed E-state index contributed by atoms with van der Waals surface area (Å²) >= 11 is 1.89. The Labute approximate surface area is 126 Å². The minimum absolute atomic E-state index is 0.444. The van der Waals surface area contributed by atoms with Gasteiger partial charge in [0.15, 0.2) is 0 Å². The number of aromatic nitrogens is 1. The van der Waals surface area contributed by atoms with Gasteiger partial charge in [-0.2, -0.15) is 0 Å². The number of nitrogens with zero attached hydrogens (tertiary/aromatic N) is 2. The van der Waals surface area contributed by atoms with Crippen molar-refractivity contribution in [2.75, 3.05) is 13.6 Å². The van der Waals surface area contributed by atoms with Crippen molar-refractivity contribution in [3.05, 3.63) is 15.6 Å². The van der Waals surface area contributed by atoms with E-state index in [1.54, 1.807) is 0 Å². The summed E-state index contributed by atoms with van der Waals surface area (Å²) in [7, 11) is 2.11. The molecule has 0 saturated heterocycles. The second-order valence-electron chi connectivity index (χ2n) is 6.93. The maximum atomic E-state index is 10.5. The lowest BCUT2D eigenvalue weighted by molar-refractivity contribution is 0.0145. The van der Waals surface area contributed by atoms with Crippen molar-refractivity contribution in [3.63, 3.8) is 0 Å². The van der Waals surface area contributed by atoms with Crippen molar-refractivity contribution in [2.24, 2.45) is 5.92 Å². The normalized spacial score (nSPS) is 25.1. The van der Waals surface area contributed by atoms with Gasteiger partial charge in [0.05, 0.1) is 17.8 Å². The first-order valence-corrected chi connectivity index (χ1v) is 8.74. The molecule has 3 rings (SSSR count). The highest BCUT2D eigenvalue weighted by molar-refractivity contribution is 7.11. The number of fused-ring (bicyclic) bond motifs is 1. The standard InChI is InChI=1S/C16H26N2OS/c1-12-5-6-13-14(9-12)20-15(17-13)10-18(2)11-16(19)7-3-4-8-16/h12,19H,3-11H2,1-2H3. The predicted octanol–water partition coefficient (Wildman–Crippen LogP) is 3.00. The predicted molar refractivity (Wildman–Crippen MR) is 83.1 cm³/mol. The number of rotatable bonds is 4. The summed E-state index contributed by atoms with van der Waals surface area (Å²) in [6, 6.07) is 0.